The molecule has 0 spiro atoms. The number of hydrogen-bond donors (Lipinski definition) is 1. The number of nitrogens with one attached hydrogen (secondary N) is 1. The molecule has 0 bridgehead atoms. The number of carbonyl (C=O) groups is 1. The van der Waals surface area contributed by atoms with Gasteiger partial charge in [-0.25, -0.2) is 0 Å². The van der Waals surface area contributed by atoms with Crippen LogP contribution in [0, 0.1) is 0 Å². The van der Waals surface area contributed by atoms with Crippen LogP contribution < -0.4 is 14.8 Å². The Balaban J connectivity index is 0.00000338. The van der Waals surface area contributed by atoms with Gasteiger partial charge in [-0.15, -0.1) is 12.4 Å². The highest BCUT2D eigenvalue weighted by atomic mass is 35.5. The molecule has 26 heavy (non-hydrogen) atoms. The van der Waals surface area contributed by atoms with Gasteiger partial charge in [-0.2, -0.15) is 0 Å². The second-order valence-corrected chi connectivity index (χ2v) is 6.62. The first-order chi connectivity index (χ1) is 12.1. The molecule has 1 saturated heterocycles. The lowest BCUT2D eigenvalue weighted by atomic mass is 10.1. The minimum atomic E-state index is 0. The van der Waals surface area contributed by atoms with E-state index < -0.39 is 0 Å². The second kappa shape index (κ2) is 11.5. The van der Waals surface area contributed by atoms with Crippen molar-refractivity contribution in [2.75, 3.05) is 32.8 Å². The molecule has 0 aliphatic carbocycles. The van der Waals surface area contributed by atoms with E-state index in [-0.39, 0.29) is 24.4 Å². The van der Waals surface area contributed by atoms with Crippen LogP contribution in [0.1, 0.15) is 50.4 Å². The third kappa shape index (κ3) is 5.66. The third-order valence-corrected chi connectivity index (χ3v) is 4.49. The predicted molar refractivity (Wildman–Crippen MR) is 108 cm³/mol. The standard InChI is InChI=1S/C19H29ClN2O3.ClH/c1-4-9-22(15-7-8-21-13-15)19(23)14-11-16(20)18(25-10-5-2)17(12-14)24-6-3;/h11-12,15,21H,4-10,13H2,1-3H3;1H. The Morgan fingerprint density at radius 2 is 2.04 bits per heavy atom. The maximum atomic E-state index is 13.1. The lowest BCUT2D eigenvalue weighted by Crippen LogP contribution is -2.42. The Bertz CT molecular complexity index is 578. The SMILES string of the molecule is CCCOc1c(Cl)cc(C(=O)N(CCC)C2CCNC2)cc1OCC.Cl. The van der Waals surface area contributed by atoms with Crippen LogP contribution in [-0.4, -0.2) is 49.7 Å². The largest absolute Gasteiger partial charge is 0.490 e. The van der Waals surface area contributed by atoms with Gasteiger partial charge >= 0.3 is 0 Å². The summed E-state index contributed by atoms with van der Waals surface area (Å²) in [5.74, 6) is 1.06. The summed E-state index contributed by atoms with van der Waals surface area (Å²) in [6, 6.07) is 3.69. The molecule has 0 radical (unpaired) electrons. The highest BCUT2D eigenvalue weighted by Crippen LogP contribution is 2.37. The van der Waals surface area contributed by atoms with E-state index in [0.29, 0.717) is 35.3 Å². The van der Waals surface area contributed by atoms with Gasteiger partial charge < -0.3 is 19.7 Å². The van der Waals surface area contributed by atoms with Crippen molar-refractivity contribution in [2.45, 2.75) is 46.1 Å². The Morgan fingerprint density at radius 1 is 1.27 bits per heavy atom. The second-order valence-electron chi connectivity index (χ2n) is 6.21. The van der Waals surface area contributed by atoms with Crippen LogP contribution in [0.25, 0.3) is 0 Å². The van der Waals surface area contributed by atoms with E-state index in [0.717, 1.165) is 38.9 Å². The Labute approximate surface area is 167 Å². The van der Waals surface area contributed by atoms with Gasteiger partial charge in [-0.3, -0.25) is 4.79 Å². The van der Waals surface area contributed by atoms with Gasteiger partial charge in [-0.05, 0) is 44.9 Å². The zero-order valence-electron chi connectivity index (χ0n) is 15.8. The fourth-order valence-electron chi connectivity index (χ4n) is 3.06. The highest BCUT2D eigenvalue weighted by molar-refractivity contribution is 6.32. The summed E-state index contributed by atoms with van der Waals surface area (Å²) in [5.41, 5.74) is 0.553. The van der Waals surface area contributed by atoms with E-state index in [1.807, 2.05) is 18.7 Å². The summed E-state index contributed by atoms with van der Waals surface area (Å²) >= 11 is 6.40. The summed E-state index contributed by atoms with van der Waals surface area (Å²) in [7, 11) is 0. The van der Waals surface area contributed by atoms with Gasteiger partial charge in [0.2, 0.25) is 0 Å². The molecule has 1 N–H and O–H groups in total. The van der Waals surface area contributed by atoms with E-state index in [4.69, 9.17) is 21.1 Å². The number of ether oxygens (including phenoxy) is 2. The van der Waals surface area contributed by atoms with Crippen LogP contribution in [0.4, 0.5) is 0 Å². The van der Waals surface area contributed by atoms with E-state index >= 15 is 0 Å². The Hall–Kier alpha value is -1.17. The molecule has 1 atom stereocenters. The lowest BCUT2D eigenvalue weighted by Gasteiger charge is -2.28. The normalized spacial score (nSPS) is 16.1. The van der Waals surface area contributed by atoms with Crippen molar-refractivity contribution in [2.24, 2.45) is 0 Å². The van der Waals surface area contributed by atoms with Crippen LogP contribution in [0.3, 0.4) is 0 Å². The minimum Gasteiger partial charge on any atom is -0.490 e. The summed E-state index contributed by atoms with van der Waals surface area (Å²) in [6.45, 7) is 9.60. The van der Waals surface area contributed by atoms with Crippen molar-refractivity contribution in [3.63, 3.8) is 0 Å². The zero-order valence-corrected chi connectivity index (χ0v) is 17.4. The quantitative estimate of drug-likeness (QED) is 0.670. The van der Waals surface area contributed by atoms with Crippen LogP contribution in [-0.2, 0) is 0 Å². The molecule has 7 heteroatoms. The van der Waals surface area contributed by atoms with Gasteiger partial charge in [0.05, 0.1) is 18.2 Å². The van der Waals surface area contributed by atoms with E-state index in [1.54, 1.807) is 12.1 Å². The first-order valence-corrected chi connectivity index (χ1v) is 9.60. The topological polar surface area (TPSA) is 50.8 Å². The van der Waals surface area contributed by atoms with Crippen LogP contribution in [0.5, 0.6) is 11.5 Å². The molecule has 1 amide bonds. The number of halogens is 2. The summed E-state index contributed by atoms with van der Waals surface area (Å²) in [5, 5.41) is 3.75. The molecule has 1 aromatic carbocycles. The van der Waals surface area contributed by atoms with Crippen molar-refractivity contribution in [3.05, 3.63) is 22.7 Å². The molecule has 0 aromatic heterocycles. The summed E-state index contributed by atoms with van der Waals surface area (Å²) in [4.78, 5) is 15.1. The van der Waals surface area contributed by atoms with Crippen LogP contribution >= 0.6 is 24.0 Å². The first kappa shape index (κ1) is 22.9. The average Bonchev–Trinajstić information content (AvgIpc) is 3.12. The van der Waals surface area contributed by atoms with Gasteiger partial charge in [0.1, 0.15) is 0 Å². The zero-order chi connectivity index (χ0) is 18.2. The average molecular weight is 405 g/mol. The van der Waals surface area contributed by atoms with Crippen molar-refractivity contribution < 1.29 is 14.3 Å². The molecule has 1 fully saturated rings. The van der Waals surface area contributed by atoms with Crippen LogP contribution in [0.15, 0.2) is 12.1 Å². The molecule has 2 rings (SSSR count). The molecule has 1 aliphatic rings. The fourth-order valence-corrected chi connectivity index (χ4v) is 3.33. The Kier molecular flexibility index (Phi) is 10.1. The maximum absolute atomic E-state index is 13.1. The molecule has 5 nitrogen and oxygen atoms in total. The molecule has 1 unspecified atom stereocenters. The number of rotatable bonds is 9. The van der Waals surface area contributed by atoms with E-state index in [9.17, 15) is 4.79 Å². The molecule has 0 saturated carbocycles. The minimum absolute atomic E-state index is 0. The van der Waals surface area contributed by atoms with Crippen molar-refractivity contribution in [1.29, 1.82) is 0 Å². The molecular formula is C19H30Cl2N2O3. The smallest absolute Gasteiger partial charge is 0.254 e. The van der Waals surface area contributed by atoms with Crippen LogP contribution in [0.2, 0.25) is 5.02 Å². The molecule has 148 valence electrons. The van der Waals surface area contributed by atoms with Gasteiger partial charge in [-0.1, -0.05) is 25.4 Å². The maximum Gasteiger partial charge on any atom is 0.254 e. The van der Waals surface area contributed by atoms with Crippen molar-refractivity contribution in [1.82, 2.24) is 10.2 Å². The number of benzene rings is 1. The summed E-state index contributed by atoms with van der Waals surface area (Å²) < 4.78 is 11.4. The lowest BCUT2D eigenvalue weighted by molar-refractivity contribution is 0.0691. The molecule has 1 heterocycles. The van der Waals surface area contributed by atoms with E-state index in [2.05, 4.69) is 12.2 Å². The first-order valence-electron chi connectivity index (χ1n) is 9.23. The molecular weight excluding hydrogens is 375 g/mol. The molecule has 1 aromatic rings. The highest BCUT2D eigenvalue weighted by Gasteiger charge is 2.28. The van der Waals surface area contributed by atoms with Gasteiger partial charge in [0.25, 0.3) is 5.91 Å². The van der Waals surface area contributed by atoms with Crippen molar-refractivity contribution in [3.8, 4) is 11.5 Å². The monoisotopic (exact) mass is 404 g/mol. The third-order valence-electron chi connectivity index (χ3n) is 4.21. The van der Waals surface area contributed by atoms with Gasteiger partial charge in [0.15, 0.2) is 11.5 Å². The summed E-state index contributed by atoms with van der Waals surface area (Å²) in [6.07, 6.45) is 2.78. The Morgan fingerprint density at radius 3 is 2.62 bits per heavy atom. The number of amides is 1. The van der Waals surface area contributed by atoms with E-state index in [1.165, 1.54) is 0 Å². The van der Waals surface area contributed by atoms with Crippen molar-refractivity contribution >= 4 is 29.9 Å². The molecule has 1 aliphatic heterocycles. The number of hydrogen-bond acceptors (Lipinski definition) is 4. The number of nitrogens with zero attached hydrogens (tertiary/aromatic N) is 1. The van der Waals surface area contributed by atoms with Gasteiger partial charge in [0, 0.05) is 24.7 Å². The predicted octanol–water partition coefficient (Wildman–Crippen LogP) is 4.16. The number of carbonyl (C=O) groups excluding carboxylic acids is 1. The fraction of sp³-hybridized carbons (Fsp3) is 0.632.